The molecule has 0 aromatic carbocycles. The third-order valence-electron chi connectivity index (χ3n) is 2.70. The number of rotatable bonds is 6. The number of terminal acetylenes is 1. The Balaban J connectivity index is 2.84. The molecule has 0 radical (unpaired) electrons. The van der Waals surface area contributed by atoms with E-state index in [1.807, 2.05) is 6.92 Å². The molecule has 1 aromatic rings. The van der Waals surface area contributed by atoms with Crippen molar-refractivity contribution in [1.82, 2.24) is 10.3 Å². The fourth-order valence-corrected chi connectivity index (χ4v) is 2.02. The zero-order valence-electron chi connectivity index (χ0n) is 11.4. The van der Waals surface area contributed by atoms with Gasteiger partial charge in [-0.05, 0) is 25.0 Å². The van der Waals surface area contributed by atoms with Gasteiger partial charge in [0, 0.05) is 11.3 Å². The number of aromatic nitrogens is 1. The largest absolute Gasteiger partial charge is 0.338 e. The Bertz CT molecular complexity index is 480. The Hall–Kier alpha value is -1.53. The van der Waals surface area contributed by atoms with E-state index in [1.54, 1.807) is 12.1 Å². The molecule has 1 heterocycles. The van der Waals surface area contributed by atoms with Crippen LogP contribution in [0.2, 0.25) is 5.15 Å². The van der Waals surface area contributed by atoms with Crippen LogP contribution in [0, 0.1) is 12.3 Å². The summed E-state index contributed by atoms with van der Waals surface area (Å²) in [6, 6.07) is 3.10. The highest BCUT2D eigenvalue weighted by molar-refractivity contribution is 6.29. The van der Waals surface area contributed by atoms with Crippen molar-refractivity contribution in [1.29, 1.82) is 0 Å². The lowest BCUT2D eigenvalue weighted by Gasteiger charge is -2.12. The summed E-state index contributed by atoms with van der Waals surface area (Å²) in [5.74, 6) is 2.38. The second-order valence-electron chi connectivity index (χ2n) is 4.40. The van der Waals surface area contributed by atoms with Crippen LogP contribution in [0.15, 0.2) is 12.1 Å². The highest BCUT2D eigenvalue weighted by atomic mass is 35.5. The number of amides is 1. The summed E-state index contributed by atoms with van der Waals surface area (Å²) in [5, 5.41) is 3.16. The monoisotopic (exact) mass is 278 g/mol. The first-order valence-corrected chi connectivity index (χ1v) is 6.92. The summed E-state index contributed by atoms with van der Waals surface area (Å²) in [4.78, 5) is 16.3. The van der Waals surface area contributed by atoms with E-state index in [0.29, 0.717) is 10.7 Å². The number of carbonyl (C=O) groups excluding carboxylic acids is 1. The molecule has 19 heavy (non-hydrogen) atoms. The molecule has 0 aliphatic heterocycles. The molecule has 0 bridgehead atoms. The molecule has 1 rings (SSSR count). The number of carbonyl (C=O) groups is 1. The van der Waals surface area contributed by atoms with Crippen LogP contribution in [0.4, 0.5) is 0 Å². The van der Waals surface area contributed by atoms with Gasteiger partial charge in [-0.2, -0.15) is 0 Å². The molecule has 102 valence electrons. The smallest absolute Gasteiger partial charge is 0.252 e. The normalized spacial score (nSPS) is 11.7. The lowest BCUT2D eigenvalue weighted by atomic mass is 10.1. The van der Waals surface area contributed by atoms with Crippen LogP contribution >= 0.6 is 11.6 Å². The average Bonchev–Trinajstić information content (AvgIpc) is 2.37. The van der Waals surface area contributed by atoms with Gasteiger partial charge >= 0.3 is 0 Å². The van der Waals surface area contributed by atoms with Gasteiger partial charge in [0.15, 0.2) is 0 Å². The van der Waals surface area contributed by atoms with Crippen LogP contribution in [-0.2, 0) is 6.42 Å². The molecular formula is C15H19ClN2O. The van der Waals surface area contributed by atoms with Crippen molar-refractivity contribution in [2.75, 3.05) is 0 Å². The maximum atomic E-state index is 12.1. The zero-order valence-corrected chi connectivity index (χ0v) is 12.1. The summed E-state index contributed by atoms with van der Waals surface area (Å²) >= 11 is 5.93. The highest BCUT2D eigenvalue weighted by Crippen LogP contribution is 2.13. The molecule has 0 spiro atoms. The molecule has 0 aliphatic carbocycles. The van der Waals surface area contributed by atoms with Gasteiger partial charge in [0.25, 0.3) is 5.91 Å². The molecule has 1 atom stereocenters. The molecule has 0 fully saturated rings. The minimum Gasteiger partial charge on any atom is -0.338 e. The van der Waals surface area contributed by atoms with Crippen LogP contribution in [0.5, 0.6) is 0 Å². The number of hydrogen-bond acceptors (Lipinski definition) is 2. The summed E-state index contributed by atoms with van der Waals surface area (Å²) < 4.78 is 0. The number of halogens is 1. The Labute approximate surface area is 119 Å². The number of hydrogen-bond donors (Lipinski definition) is 1. The minimum absolute atomic E-state index is 0.196. The van der Waals surface area contributed by atoms with Gasteiger partial charge in [-0.25, -0.2) is 4.98 Å². The second-order valence-corrected chi connectivity index (χ2v) is 4.79. The van der Waals surface area contributed by atoms with E-state index < -0.39 is 0 Å². The van der Waals surface area contributed by atoms with Gasteiger partial charge in [0.2, 0.25) is 0 Å². The minimum atomic E-state index is -0.237. The first-order valence-electron chi connectivity index (χ1n) is 6.54. The lowest BCUT2D eigenvalue weighted by Crippen LogP contribution is -2.33. The topological polar surface area (TPSA) is 42.0 Å². The molecule has 0 aliphatic rings. The van der Waals surface area contributed by atoms with Crippen LogP contribution in [0.3, 0.4) is 0 Å². The predicted octanol–water partition coefficient (Wildman–Crippen LogP) is 3.22. The van der Waals surface area contributed by atoms with Crippen LogP contribution in [-0.4, -0.2) is 16.9 Å². The molecule has 1 aromatic heterocycles. The number of aryl methyl sites for hydroxylation is 1. The summed E-state index contributed by atoms with van der Waals surface area (Å²) in [5.41, 5.74) is 1.34. The molecule has 0 saturated carbocycles. The van der Waals surface area contributed by atoms with Gasteiger partial charge in [0.05, 0.1) is 6.04 Å². The van der Waals surface area contributed by atoms with Crippen molar-refractivity contribution in [3.05, 3.63) is 28.5 Å². The predicted molar refractivity (Wildman–Crippen MR) is 78.2 cm³/mol. The molecule has 1 amide bonds. The van der Waals surface area contributed by atoms with E-state index in [1.165, 1.54) is 0 Å². The summed E-state index contributed by atoms with van der Waals surface area (Å²) in [6.07, 6.45) is 8.84. The quantitative estimate of drug-likeness (QED) is 0.641. The fraction of sp³-hybridized carbons (Fsp3) is 0.467. The first-order chi connectivity index (χ1) is 9.10. The Morgan fingerprint density at radius 3 is 2.79 bits per heavy atom. The van der Waals surface area contributed by atoms with Gasteiger partial charge in [0.1, 0.15) is 5.15 Å². The molecule has 1 N–H and O–H groups in total. The third kappa shape index (κ3) is 4.92. The summed E-state index contributed by atoms with van der Waals surface area (Å²) in [6.45, 7) is 4.08. The number of pyridine rings is 1. The van der Waals surface area contributed by atoms with Crippen molar-refractivity contribution in [2.45, 2.75) is 45.6 Å². The van der Waals surface area contributed by atoms with Crippen LogP contribution < -0.4 is 5.32 Å². The third-order valence-corrected chi connectivity index (χ3v) is 2.89. The van der Waals surface area contributed by atoms with Gasteiger partial charge in [-0.3, -0.25) is 4.79 Å². The van der Waals surface area contributed by atoms with E-state index in [2.05, 4.69) is 23.1 Å². The molecule has 1 unspecified atom stereocenters. The average molecular weight is 279 g/mol. The SMILES string of the molecule is C#CC(CCC)NC(=O)c1cc(Cl)nc(CCC)c1. The van der Waals surface area contributed by atoms with Crippen molar-refractivity contribution in [3.8, 4) is 12.3 Å². The van der Waals surface area contributed by atoms with Crippen molar-refractivity contribution < 1.29 is 4.79 Å². The van der Waals surface area contributed by atoms with Crippen molar-refractivity contribution >= 4 is 17.5 Å². The Morgan fingerprint density at radius 1 is 1.47 bits per heavy atom. The number of nitrogens with one attached hydrogen (secondary N) is 1. The molecular weight excluding hydrogens is 260 g/mol. The van der Waals surface area contributed by atoms with Gasteiger partial charge < -0.3 is 5.32 Å². The summed E-state index contributed by atoms with van der Waals surface area (Å²) in [7, 11) is 0. The maximum Gasteiger partial charge on any atom is 0.252 e. The maximum absolute atomic E-state index is 12.1. The van der Waals surface area contributed by atoms with Crippen molar-refractivity contribution in [3.63, 3.8) is 0 Å². The van der Waals surface area contributed by atoms with E-state index in [9.17, 15) is 4.79 Å². The van der Waals surface area contributed by atoms with E-state index in [0.717, 1.165) is 31.4 Å². The van der Waals surface area contributed by atoms with Crippen molar-refractivity contribution in [2.24, 2.45) is 0 Å². The van der Waals surface area contributed by atoms with Gasteiger partial charge in [-0.1, -0.05) is 44.2 Å². The van der Waals surface area contributed by atoms with Crippen LogP contribution in [0.25, 0.3) is 0 Å². The molecule has 3 nitrogen and oxygen atoms in total. The van der Waals surface area contributed by atoms with E-state index in [-0.39, 0.29) is 11.9 Å². The first kappa shape index (κ1) is 15.5. The second kappa shape index (κ2) is 7.81. The molecule has 4 heteroatoms. The van der Waals surface area contributed by atoms with Gasteiger partial charge in [-0.15, -0.1) is 6.42 Å². The van der Waals surface area contributed by atoms with E-state index >= 15 is 0 Å². The Kier molecular flexibility index (Phi) is 6.38. The van der Waals surface area contributed by atoms with Crippen LogP contribution in [0.1, 0.15) is 49.2 Å². The Morgan fingerprint density at radius 2 is 2.21 bits per heavy atom. The number of nitrogens with zero attached hydrogens (tertiary/aromatic N) is 1. The fourth-order valence-electron chi connectivity index (χ4n) is 1.79. The lowest BCUT2D eigenvalue weighted by molar-refractivity contribution is 0.0944. The zero-order chi connectivity index (χ0) is 14.3. The standard InChI is InChI=1S/C15H19ClN2O/c1-4-7-12(6-3)18-15(19)11-9-13(8-5-2)17-14(16)10-11/h3,9-10,12H,4-5,7-8H2,1-2H3,(H,18,19). The highest BCUT2D eigenvalue weighted by Gasteiger charge is 2.12. The molecule has 0 saturated heterocycles. The van der Waals surface area contributed by atoms with E-state index in [4.69, 9.17) is 18.0 Å².